The van der Waals surface area contributed by atoms with Gasteiger partial charge in [0.15, 0.2) is 0 Å². The summed E-state index contributed by atoms with van der Waals surface area (Å²) in [7, 11) is 0. The molecule has 1 aliphatic heterocycles. The van der Waals surface area contributed by atoms with E-state index >= 15 is 0 Å². The molecule has 1 fully saturated rings. The van der Waals surface area contributed by atoms with Gasteiger partial charge in [-0.3, -0.25) is 9.78 Å². The van der Waals surface area contributed by atoms with Crippen LogP contribution < -0.4 is 0 Å². The van der Waals surface area contributed by atoms with E-state index in [0.29, 0.717) is 19.5 Å². The molecule has 0 saturated carbocycles. The molecule has 4 nitrogen and oxygen atoms in total. The molecule has 1 unspecified atom stereocenters. The summed E-state index contributed by atoms with van der Waals surface area (Å²) < 4.78 is 0. The molecule has 3 rings (SSSR count). The quantitative estimate of drug-likeness (QED) is 0.918. The summed E-state index contributed by atoms with van der Waals surface area (Å²) in [5.41, 5.74) is 2.21. The van der Waals surface area contributed by atoms with Crippen molar-refractivity contribution in [2.24, 2.45) is 5.92 Å². The van der Waals surface area contributed by atoms with Crippen LogP contribution in [0.15, 0.2) is 36.5 Å². The lowest BCUT2D eigenvalue weighted by molar-refractivity contribution is -0.127. The fourth-order valence-corrected chi connectivity index (χ4v) is 2.82. The molecule has 4 heteroatoms. The van der Waals surface area contributed by atoms with E-state index in [1.807, 2.05) is 35.4 Å². The summed E-state index contributed by atoms with van der Waals surface area (Å²) in [6.45, 7) is 1.49. The molecule has 1 aliphatic rings. The van der Waals surface area contributed by atoms with Crippen LogP contribution >= 0.6 is 0 Å². The minimum atomic E-state index is 0.0976. The topological polar surface area (TPSA) is 53.4 Å². The second-order valence-electron chi connectivity index (χ2n) is 5.33. The molecule has 2 heterocycles. The number of amides is 1. The first kappa shape index (κ1) is 13.1. The number of pyridine rings is 1. The highest BCUT2D eigenvalue weighted by Gasteiger charge is 2.28. The van der Waals surface area contributed by atoms with E-state index in [2.05, 4.69) is 11.1 Å². The molecule has 0 radical (unpaired) electrons. The van der Waals surface area contributed by atoms with Gasteiger partial charge in [0.1, 0.15) is 0 Å². The lowest BCUT2D eigenvalue weighted by atomic mass is 10.1. The Hall–Kier alpha value is -1.94. The number of hydrogen-bond donors (Lipinski definition) is 1. The molecule has 1 aromatic carbocycles. The number of carbonyl (C=O) groups is 1. The van der Waals surface area contributed by atoms with E-state index in [1.54, 1.807) is 0 Å². The SMILES string of the molecule is O=C1CC(CO)CN1CCc1ccnc2ccccc12. The zero-order chi connectivity index (χ0) is 13.9. The van der Waals surface area contributed by atoms with E-state index in [4.69, 9.17) is 5.11 Å². The molecule has 0 spiro atoms. The van der Waals surface area contributed by atoms with Crippen LogP contribution in [-0.4, -0.2) is 40.6 Å². The molecule has 2 aromatic rings. The molecule has 1 saturated heterocycles. The number of fused-ring (bicyclic) bond motifs is 1. The first-order valence-electron chi connectivity index (χ1n) is 6.99. The summed E-state index contributed by atoms with van der Waals surface area (Å²) in [6.07, 6.45) is 3.13. The first-order valence-corrected chi connectivity index (χ1v) is 6.99. The number of aliphatic hydroxyl groups is 1. The Balaban J connectivity index is 1.73. The van der Waals surface area contributed by atoms with E-state index in [1.165, 1.54) is 5.56 Å². The molecule has 20 heavy (non-hydrogen) atoms. The number of likely N-dealkylation sites (tertiary alicyclic amines) is 1. The van der Waals surface area contributed by atoms with Crippen molar-refractivity contribution in [2.45, 2.75) is 12.8 Å². The molecule has 1 amide bonds. The summed E-state index contributed by atoms with van der Waals surface area (Å²) in [5.74, 6) is 0.263. The van der Waals surface area contributed by atoms with Crippen LogP contribution in [0.2, 0.25) is 0 Å². The van der Waals surface area contributed by atoms with E-state index in [9.17, 15) is 4.79 Å². The number of carbonyl (C=O) groups excluding carboxylic acids is 1. The molecule has 1 aromatic heterocycles. The van der Waals surface area contributed by atoms with Gasteiger partial charge in [-0.15, -0.1) is 0 Å². The van der Waals surface area contributed by atoms with Gasteiger partial charge in [-0.05, 0) is 24.1 Å². The number of benzene rings is 1. The maximum Gasteiger partial charge on any atom is 0.223 e. The standard InChI is InChI=1S/C16H18N2O2/c19-11-12-9-16(20)18(10-12)8-6-13-5-7-17-15-4-2-1-3-14(13)15/h1-5,7,12,19H,6,8-11H2. The third kappa shape index (κ3) is 2.51. The van der Waals surface area contributed by atoms with Gasteiger partial charge < -0.3 is 10.0 Å². The molecule has 1 atom stereocenters. The number of rotatable bonds is 4. The Morgan fingerprint density at radius 3 is 2.95 bits per heavy atom. The minimum Gasteiger partial charge on any atom is -0.396 e. The van der Waals surface area contributed by atoms with Crippen LogP contribution in [0.4, 0.5) is 0 Å². The van der Waals surface area contributed by atoms with Gasteiger partial charge in [0.2, 0.25) is 5.91 Å². The van der Waals surface area contributed by atoms with Crippen LogP contribution in [0.25, 0.3) is 10.9 Å². The monoisotopic (exact) mass is 270 g/mol. The second kappa shape index (κ2) is 5.59. The number of aliphatic hydroxyl groups excluding tert-OH is 1. The van der Waals surface area contributed by atoms with Gasteiger partial charge in [-0.1, -0.05) is 18.2 Å². The lowest BCUT2D eigenvalue weighted by Crippen LogP contribution is -2.27. The average molecular weight is 270 g/mol. The summed E-state index contributed by atoms with van der Waals surface area (Å²) in [5, 5.41) is 10.3. The van der Waals surface area contributed by atoms with Crippen molar-refractivity contribution < 1.29 is 9.90 Å². The normalized spacial score (nSPS) is 18.9. The van der Waals surface area contributed by atoms with Crippen LogP contribution in [0.5, 0.6) is 0 Å². The molecular formula is C16H18N2O2. The number of nitrogens with zero attached hydrogens (tertiary/aromatic N) is 2. The van der Waals surface area contributed by atoms with Crippen LogP contribution in [0.3, 0.4) is 0 Å². The molecular weight excluding hydrogens is 252 g/mol. The van der Waals surface area contributed by atoms with Crippen molar-refractivity contribution >= 4 is 16.8 Å². The Morgan fingerprint density at radius 1 is 1.30 bits per heavy atom. The fraction of sp³-hybridized carbons (Fsp3) is 0.375. The molecule has 0 bridgehead atoms. The Morgan fingerprint density at radius 2 is 2.15 bits per heavy atom. The smallest absolute Gasteiger partial charge is 0.223 e. The Kier molecular flexibility index (Phi) is 3.65. The lowest BCUT2D eigenvalue weighted by Gasteiger charge is -2.16. The van der Waals surface area contributed by atoms with Crippen molar-refractivity contribution in [1.29, 1.82) is 0 Å². The van der Waals surface area contributed by atoms with Gasteiger partial charge in [0.25, 0.3) is 0 Å². The van der Waals surface area contributed by atoms with Crippen molar-refractivity contribution in [3.63, 3.8) is 0 Å². The van der Waals surface area contributed by atoms with Crippen molar-refractivity contribution in [1.82, 2.24) is 9.88 Å². The van der Waals surface area contributed by atoms with Crippen molar-refractivity contribution in [3.8, 4) is 0 Å². The average Bonchev–Trinajstić information content (AvgIpc) is 2.85. The zero-order valence-electron chi connectivity index (χ0n) is 11.3. The zero-order valence-corrected chi connectivity index (χ0v) is 11.3. The van der Waals surface area contributed by atoms with Gasteiger partial charge in [-0.2, -0.15) is 0 Å². The Labute approximate surface area is 118 Å². The number of aromatic nitrogens is 1. The predicted molar refractivity (Wildman–Crippen MR) is 77.2 cm³/mol. The van der Waals surface area contributed by atoms with Crippen LogP contribution in [0.1, 0.15) is 12.0 Å². The van der Waals surface area contributed by atoms with Crippen molar-refractivity contribution in [2.75, 3.05) is 19.7 Å². The van der Waals surface area contributed by atoms with E-state index < -0.39 is 0 Å². The van der Waals surface area contributed by atoms with Gasteiger partial charge in [-0.25, -0.2) is 0 Å². The highest BCUT2D eigenvalue weighted by Crippen LogP contribution is 2.20. The molecule has 104 valence electrons. The van der Waals surface area contributed by atoms with E-state index in [0.717, 1.165) is 17.3 Å². The Bertz CT molecular complexity index is 621. The van der Waals surface area contributed by atoms with Gasteiger partial charge in [0, 0.05) is 43.6 Å². The van der Waals surface area contributed by atoms with Crippen molar-refractivity contribution in [3.05, 3.63) is 42.1 Å². The van der Waals surface area contributed by atoms with Gasteiger partial charge >= 0.3 is 0 Å². The van der Waals surface area contributed by atoms with Crippen LogP contribution in [-0.2, 0) is 11.2 Å². The van der Waals surface area contributed by atoms with Gasteiger partial charge in [0.05, 0.1) is 5.52 Å². The third-order valence-corrected chi connectivity index (χ3v) is 3.94. The second-order valence-corrected chi connectivity index (χ2v) is 5.33. The van der Waals surface area contributed by atoms with E-state index in [-0.39, 0.29) is 18.4 Å². The summed E-state index contributed by atoms with van der Waals surface area (Å²) in [4.78, 5) is 18.0. The largest absolute Gasteiger partial charge is 0.396 e. The minimum absolute atomic E-state index is 0.0976. The molecule has 0 aliphatic carbocycles. The first-order chi connectivity index (χ1) is 9.78. The maximum absolute atomic E-state index is 11.8. The summed E-state index contributed by atoms with van der Waals surface area (Å²) >= 11 is 0. The third-order valence-electron chi connectivity index (χ3n) is 3.94. The maximum atomic E-state index is 11.8. The predicted octanol–water partition coefficient (Wildman–Crippen LogP) is 1.62. The number of hydrogen-bond acceptors (Lipinski definition) is 3. The number of para-hydroxylation sites is 1. The van der Waals surface area contributed by atoms with Crippen LogP contribution in [0, 0.1) is 5.92 Å². The summed E-state index contributed by atoms with van der Waals surface area (Å²) in [6, 6.07) is 10.1. The molecule has 1 N–H and O–H groups in total. The highest BCUT2D eigenvalue weighted by molar-refractivity contribution is 5.82. The highest BCUT2D eigenvalue weighted by atomic mass is 16.3. The fourth-order valence-electron chi connectivity index (χ4n) is 2.82.